The van der Waals surface area contributed by atoms with E-state index in [2.05, 4.69) is 0 Å². The minimum absolute atomic E-state index is 0.483. The lowest BCUT2D eigenvalue weighted by Crippen LogP contribution is -2.09. The Morgan fingerprint density at radius 1 is 1.11 bits per heavy atom. The molecule has 0 aromatic rings. The Morgan fingerprint density at radius 2 is 1.67 bits per heavy atom. The Labute approximate surface area is 56.3 Å². The van der Waals surface area contributed by atoms with Crippen LogP contribution in [0.2, 0.25) is 0 Å². The van der Waals surface area contributed by atoms with Crippen molar-refractivity contribution in [3.63, 3.8) is 0 Å². The van der Waals surface area contributed by atoms with Crippen LogP contribution in [-0.4, -0.2) is 11.4 Å². The van der Waals surface area contributed by atoms with E-state index in [9.17, 15) is 0 Å². The summed E-state index contributed by atoms with van der Waals surface area (Å²) in [7, 11) is 0. The van der Waals surface area contributed by atoms with Crippen molar-refractivity contribution in [3.8, 4) is 0 Å². The molecule has 0 rings (SSSR count). The largest absolute Gasteiger partial charge is 0.303 e. The van der Waals surface area contributed by atoms with E-state index >= 15 is 0 Å². The summed E-state index contributed by atoms with van der Waals surface area (Å²) in [6.07, 6.45) is 2.42. The topological polar surface area (TPSA) is 47.7 Å². The molecule has 0 heterocycles. The summed E-state index contributed by atoms with van der Waals surface area (Å²) in [5.41, 5.74) is 0.983. The second-order valence-electron chi connectivity index (χ2n) is 2.06. The molecule has 0 aromatic heterocycles. The van der Waals surface area contributed by atoms with Gasteiger partial charge in [0.25, 0.3) is 0 Å². The second kappa shape index (κ2) is 4.24. The first-order valence-corrected chi connectivity index (χ1v) is 3.37. The molecule has 2 N–H and O–H groups in total. The number of nitrogens with one attached hydrogen (secondary N) is 2. The quantitative estimate of drug-likeness (QED) is 0.543. The molecule has 0 amide bonds. The summed E-state index contributed by atoms with van der Waals surface area (Å²) in [5, 5.41) is 14.5. The average molecular weight is 126 g/mol. The fourth-order valence-electron chi connectivity index (χ4n) is 0.614. The Bertz CT molecular complexity index is 116. The Kier molecular flexibility index (Phi) is 3.93. The van der Waals surface area contributed by atoms with Crippen LogP contribution in [-0.2, 0) is 0 Å². The fraction of sp³-hybridized carbons (Fsp3) is 0.714. The van der Waals surface area contributed by atoms with E-state index in [1.165, 1.54) is 0 Å². The van der Waals surface area contributed by atoms with Gasteiger partial charge in [0.2, 0.25) is 0 Å². The third-order valence-corrected chi connectivity index (χ3v) is 1.22. The summed E-state index contributed by atoms with van der Waals surface area (Å²) in [6, 6.07) is 0. The molecule has 2 heteroatoms. The molecule has 9 heavy (non-hydrogen) atoms. The van der Waals surface area contributed by atoms with Gasteiger partial charge in [-0.25, -0.2) is 0 Å². The lowest BCUT2D eigenvalue weighted by atomic mass is 10.1. The molecule has 0 aromatic carbocycles. The minimum atomic E-state index is 0.483. The van der Waals surface area contributed by atoms with Crippen molar-refractivity contribution in [3.05, 3.63) is 0 Å². The molecule has 0 atom stereocenters. The molecular weight excluding hydrogens is 112 g/mol. The van der Waals surface area contributed by atoms with Gasteiger partial charge < -0.3 is 10.8 Å². The van der Waals surface area contributed by atoms with Gasteiger partial charge in [0.15, 0.2) is 0 Å². The van der Waals surface area contributed by atoms with Gasteiger partial charge in [0.1, 0.15) is 0 Å². The van der Waals surface area contributed by atoms with Crippen molar-refractivity contribution >= 4 is 11.4 Å². The number of hydrogen-bond donors (Lipinski definition) is 2. The van der Waals surface area contributed by atoms with Crippen molar-refractivity contribution in [2.75, 3.05) is 0 Å². The molecule has 0 bridgehead atoms. The van der Waals surface area contributed by atoms with E-state index in [1.807, 2.05) is 13.8 Å². The molecule has 52 valence electrons. The molecule has 0 aliphatic heterocycles. The van der Waals surface area contributed by atoms with Gasteiger partial charge in [-0.1, -0.05) is 20.3 Å². The molecular formula is C7H14N2. The molecule has 0 fully saturated rings. The molecule has 0 saturated carbocycles. The second-order valence-corrected chi connectivity index (χ2v) is 2.06. The van der Waals surface area contributed by atoms with Gasteiger partial charge >= 0.3 is 0 Å². The first-order valence-electron chi connectivity index (χ1n) is 3.37. The van der Waals surface area contributed by atoms with E-state index in [0.29, 0.717) is 17.8 Å². The van der Waals surface area contributed by atoms with Crippen LogP contribution < -0.4 is 0 Å². The highest BCUT2D eigenvalue weighted by molar-refractivity contribution is 6.39. The monoisotopic (exact) mass is 126 g/mol. The highest BCUT2D eigenvalue weighted by atomic mass is 14.5. The highest BCUT2D eigenvalue weighted by Gasteiger charge is 1.98. The summed E-state index contributed by atoms with van der Waals surface area (Å²) >= 11 is 0. The fourth-order valence-corrected chi connectivity index (χ4v) is 0.614. The maximum Gasteiger partial charge on any atom is 0.0521 e. The van der Waals surface area contributed by atoms with Gasteiger partial charge in [-0.05, 0) is 12.8 Å². The zero-order valence-electron chi connectivity index (χ0n) is 6.12. The summed E-state index contributed by atoms with van der Waals surface area (Å²) < 4.78 is 0. The Balaban J connectivity index is 3.60. The zero-order valence-corrected chi connectivity index (χ0v) is 6.12. The predicted octanol–water partition coefficient (Wildman–Crippen LogP) is 2.24. The van der Waals surface area contributed by atoms with E-state index in [1.54, 1.807) is 0 Å². The van der Waals surface area contributed by atoms with Crippen molar-refractivity contribution in [1.29, 1.82) is 10.8 Å². The van der Waals surface area contributed by atoms with E-state index in [4.69, 9.17) is 10.8 Å². The average Bonchev–Trinajstić information content (AvgIpc) is 1.87. The summed E-state index contributed by atoms with van der Waals surface area (Å²) in [6.45, 7) is 3.93. The molecule has 2 nitrogen and oxygen atoms in total. The van der Waals surface area contributed by atoms with Crippen LogP contribution in [0, 0.1) is 10.8 Å². The van der Waals surface area contributed by atoms with Gasteiger partial charge in [0.05, 0.1) is 11.4 Å². The molecule has 0 aliphatic rings. The van der Waals surface area contributed by atoms with Crippen LogP contribution >= 0.6 is 0 Å². The maximum atomic E-state index is 7.27. The summed E-state index contributed by atoms with van der Waals surface area (Å²) in [4.78, 5) is 0. The molecule has 0 spiro atoms. The van der Waals surface area contributed by atoms with E-state index in [-0.39, 0.29) is 0 Å². The van der Waals surface area contributed by atoms with Gasteiger partial charge in [-0.15, -0.1) is 0 Å². The highest BCUT2D eigenvalue weighted by Crippen LogP contribution is 1.93. The SMILES string of the molecule is CCCC(=N)C(=N)CC. The number of rotatable bonds is 4. The lowest BCUT2D eigenvalue weighted by Gasteiger charge is -1.98. The normalized spacial score (nSPS) is 9.11. The molecule has 0 saturated heterocycles. The Morgan fingerprint density at radius 3 is 2.00 bits per heavy atom. The third kappa shape index (κ3) is 3.01. The first kappa shape index (κ1) is 8.34. The van der Waals surface area contributed by atoms with Crippen LogP contribution in [0.25, 0.3) is 0 Å². The van der Waals surface area contributed by atoms with Crippen LogP contribution in [0.15, 0.2) is 0 Å². The first-order chi connectivity index (χ1) is 4.22. The van der Waals surface area contributed by atoms with Crippen molar-refractivity contribution in [2.24, 2.45) is 0 Å². The third-order valence-electron chi connectivity index (χ3n) is 1.22. The van der Waals surface area contributed by atoms with Crippen molar-refractivity contribution < 1.29 is 0 Å². The van der Waals surface area contributed by atoms with Crippen LogP contribution in [0.5, 0.6) is 0 Å². The standard InChI is InChI=1S/C7H14N2/c1-3-5-7(9)6(8)4-2/h8-9H,3-5H2,1-2H3. The molecule has 0 radical (unpaired) electrons. The van der Waals surface area contributed by atoms with E-state index < -0.39 is 0 Å². The van der Waals surface area contributed by atoms with Crippen molar-refractivity contribution in [2.45, 2.75) is 33.1 Å². The van der Waals surface area contributed by atoms with Crippen LogP contribution in [0.4, 0.5) is 0 Å². The maximum absolute atomic E-state index is 7.27. The Hall–Kier alpha value is -0.660. The smallest absolute Gasteiger partial charge is 0.0521 e. The zero-order chi connectivity index (χ0) is 7.28. The summed E-state index contributed by atoms with van der Waals surface area (Å²) in [5.74, 6) is 0. The van der Waals surface area contributed by atoms with Crippen LogP contribution in [0.1, 0.15) is 33.1 Å². The van der Waals surface area contributed by atoms with Crippen LogP contribution in [0.3, 0.4) is 0 Å². The van der Waals surface area contributed by atoms with Gasteiger partial charge in [-0.2, -0.15) is 0 Å². The predicted molar refractivity (Wildman–Crippen MR) is 40.7 cm³/mol. The van der Waals surface area contributed by atoms with Gasteiger partial charge in [0, 0.05) is 0 Å². The molecule has 0 unspecified atom stereocenters. The van der Waals surface area contributed by atoms with E-state index in [0.717, 1.165) is 12.8 Å². The number of hydrogen-bond acceptors (Lipinski definition) is 2. The lowest BCUT2D eigenvalue weighted by molar-refractivity contribution is 0.989. The minimum Gasteiger partial charge on any atom is -0.303 e. The van der Waals surface area contributed by atoms with Crippen molar-refractivity contribution in [1.82, 2.24) is 0 Å². The molecule has 0 aliphatic carbocycles. The van der Waals surface area contributed by atoms with Gasteiger partial charge in [-0.3, -0.25) is 0 Å².